The minimum absolute atomic E-state index is 0.0338. The van der Waals surface area contributed by atoms with Crippen LogP contribution in [0, 0.1) is 18.6 Å². The van der Waals surface area contributed by atoms with Gasteiger partial charge in [0.2, 0.25) is 5.95 Å². The molecule has 0 amide bonds. The number of hydrogen-bond acceptors (Lipinski definition) is 7. The van der Waals surface area contributed by atoms with E-state index in [2.05, 4.69) is 20.7 Å². The van der Waals surface area contributed by atoms with Crippen molar-refractivity contribution in [2.45, 2.75) is 6.92 Å². The Kier molecular flexibility index (Phi) is 4.59. The molecule has 2 aromatic heterocycles. The molecule has 8 nitrogen and oxygen atoms in total. The first kappa shape index (κ1) is 18.4. The van der Waals surface area contributed by atoms with Crippen molar-refractivity contribution >= 4 is 28.6 Å². The molecule has 0 bridgehead atoms. The number of nitrogens with zero attached hydrogens (tertiary/aromatic N) is 3. The molecule has 4 rings (SSSR count). The van der Waals surface area contributed by atoms with Gasteiger partial charge in [-0.1, -0.05) is 12.1 Å². The van der Waals surface area contributed by atoms with Gasteiger partial charge in [-0.2, -0.15) is 9.66 Å². The summed E-state index contributed by atoms with van der Waals surface area (Å²) < 4.78 is 39.1. The lowest BCUT2D eigenvalue weighted by atomic mass is 10.2. The van der Waals surface area contributed by atoms with Crippen molar-refractivity contribution in [2.24, 2.45) is 0 Å². The summed E-state index contributed by atoms with van der Waals surface area (Å²) in [5.74, 6) is -2.54. The number of para-hydroxylation sites is 2. The molecular formula is C19H15F2N5O3. The van der Waals surface area contributed by atoms with Crippen molar-refractivity contribution < 1.29 is 17.9 Å². The molecule has 0 radical (unpaired) electrons. The third kappa shape index (κ3) is 3.35. The molecular weight excluding hydrogens is 384 g/mol. The Bertz CT molecular complexity index is 1270. The van der Waals surface area contributed by atoms with E-state index in [9.17, 15) is 13.6 Å². The quantitative estimate of drug-likeness (QED) is 0.530. The van der Waals surface area contributed by atoms with Crippen LogP contribution in [0.3, 0.4) is 0 Å². The highest BCUT2D eigenvalue weighted by molar-refractivity contribution is 5.73. The van der Waals surface area contributed by atoms with Gasteiger partial charge in [0.25, 0.3) is 0 Å². The van der Waals surface area contributed by atoms with Gasteiger partial charge in [-0.3, -0.25) is 5.43 Å². The van der Waals surface area contributed by atoms with E-state index in [4.69, 9.17) is 9.15 Å². The molecule has 0 saturated heterocycles. The average molecular weight is 399 g/mol. The van der Waals surface area contributed by atoms with Crippen molar-refractivity contribution in [3.63, 3.8) is 0 Å². The van der Waals surface area contributed by atoms with E-state index in [1.807, 2.05) is 0 Å². The van der Waals surface area contributed by atoms with Crippen LogP contribution in [0.2, 0.25) is 0 Å². The summed E-state index contributed by atoms with van der Waals surface area (Å²) in [7, 11) is 1.17. The SMILES string of the molecule is COc1c(F)ccc(Nc2ncc(C)c(Nn3c(=O)oc4ccccc43)n2)c1F. The van der Waals surface area contributed by atoms with E-state index in [0.29, 0.717) is 22.5 Å². The van der Waals surface area contributed by atoms with Crippen LogP contribution < -0.4 is 21.2 Å². The number of fused-ring (bicyclic) bond motifs is 1. The van der Waals surface area contributed by atoms with E-state index >= 15 is 0 Å². The summed E-state index contributed by atoms with van der Waals surface area (Å²) >= 11 is 0. The molecule has 0 atom stereocenters. The first-order valence-electron chi connectivity index (χ1n) is 8.48. The van der Waals surface area contributed by atoms with Gasteiger partial charge in [-0.05, 0) is 31.2 Å². The van der Waals surface area contributed by atoms with E-state index in [1.165, 1.54) is 24.0 Å². The lowest BCUT2D eigenvalue weighted by molar-refractivity contribution is 0.361. The third-order valence-electron chi connectivity index (χ3n) is 4.18. The van der Waals surface area contributed by atoms with Crippen LogP contribution in [0.5, 0.6) is 5.75 Å². The summed E-state index contributed by atoms with van der Waals surface area (Å²) in [5.41, 5.74) is 4.38. The Morgan fingerprint density at radius 1 is 1.17 bits per heavy atom. The molecule has 0 aliphatic heterocycles. The maximum absolute atomic E-state index is 14.4. The van der Waals surface area contributed by atoms with Crippen molar-refractivity contribution in [1.82, 2.24) is 14.6 Å². The second-order valence-corrected chi connectivity index (χ2v) is 6.08. The van der Waals surface area contributed by atoms with Gasteiger partial charge in [-0.25, -0.2) is 18.6 Å². The van der Waals surface area contributed by atoms with Gasteiger partial charge in [0.1, 0.15) is 5.52 Å². The number of oxazole rings is 1. The summed E-state index contributed by atoms with van der Waals surface area (Å²) in [6.45, 7) is 1.74. The fraction of sp³-hybridized carbons (Fsp3) is 0.105. The van der Waals surface area contributed by atoms with Crippen LogP contribution in [-0.2, 0) is 0 Å². The smallest absolute Gasteiger partial charge is 0.439 e. The zero-order valence-electron chi connectivity index (χ0n) is 15.4. The summed E-state index contributed by atoms with van der Waals surface area (Å²) in [6.07, 6.45) is 1.49. The van der Waals surface area contributed by atoms with E-state index in [0.717, 1.165) is 6.07 Å². The molecule has 4 aromatic rings. The Morgan fingerprint density at radius 2 is 1.97 bits per heavy atom. The Labute approximate surface area is 162 Å². The number of aryl methyl sites for hydroxylation is 1. The van der Waals surface area contributed by atoms with Crippen molar-refractivity contribution in [3.8, 4) is 5.75 Å². The van der Waals surface area contributed by atoms with Gasteiger partial charge in [0.15, 0.2) is 28.8 Å². The normalized spacial score (nSPS) is 10.9. The number of anilines is 3. The Morgan fingerprint density at radius 3 is 2.76 bits per heavy atom. The highest BCUT2D eigenvalue weighted by Gasteiger charge is 2.16. The van der Waals surface area contributed by atoms with Gasteiger partial charge >= 0.3 is 5.76 Å². The second-order valence-electron chi connectivity index (χ2n) is 6.08. The van der Waals surface area contributed by atoms with Crippen molar-refractivity contribution in [1.29, 1.82) is 0 Å². The average Bonchev–Trinajstić information content (AvgIpc) is 3.02. The number of aromatic nitrogens is 3. The Balaban J connectivity index is 1.68. The van der Waals surface area contributed by atoms with Gasteiger partial charge < -0.3 is 14.5 Å². The summed E-state index contributed by atoms with van der Waals surface area (Å²) in [5, 5.41) is 2.68. The third-order valence-corrected chi connectivity index (χ3v) is 4.18. The maximum atomic E-state index is 14.4. The molecule has 2 heterocycles. The minimum Gasteiger partial charge on any atom is -0.491 e. The first-order chi connectivity index (χ1) is 14.0. The van der Waals surface area contributed by atoms with Crippen LogP contribution in [0.4, 0.5) is 26.2 Å². The highest BCUT2D eigenvalue weighted by atomic mass is 19.1. The standard InChI is InChI=1S/C19H15F2N5O3/c1-10-9-22-18(23-12-8-7-11(20)16(28-2)15(12)21)24-17(10)25-26-13-5-3-4-6-14(13)29-19(26)27/h3-9H,1-2H3,(H2,22,23,24,25). The summed E-state index contributed by atoms with van der Waals surface area (Å²) in [6, 6.07) is 9.16. The molecule has 2 aromatic carbocycles. The number of halogens is 2. The fourth-order valence-corrected chi connectivity index (χ4v) is 2.73. The van der Waals surface area contributed by atoms with E-state index in [1.54, 1.807) is 31.2 Å². The van der Waals surface area contributed by atoms with Gasteiger partial charge in [0, 0.05) is 11.8 Å². The van der Waals surface area contributed by atoms with Crippen LogP contribution in [0.1, 0.15) is 5.56 Å². The lowest BCUT2D eigenvalue weighted by Gasteiger charge is -2.12. The molecule has 29 heavy (non-hydrogen) atoms. The molecule has 2 N–H and O–H groups in total. The molecule has 0 fully saturated rings. The predicted molar refractivity (Wildman–Crippen MR) is 102 cm³/mol. The molecule has 0 spiro atoms. The second kappa shape index (κ2) is 7.23. The molecule has 0 aliphatic carbocycles. The van der Waals surface area contributed by atoms with Crippen LogP contribution >= 0.6 is 0 Å². The largest absolute Gasteiger partial charge is 0.491 e. The van der Waals surface area contributed by atoms with Crippen LogP contribution in [0.15, 0.2) is 51.8 Å². The fourth-order valence-electron chi connectivity index (χ4n) is 2.73. The number of nitrogens with one attached hydrogen (secondary N) is 2. The highest BCUT2D eigenvalue weighted by Crippen LogP contribution is 2.29. The number of rotatable bonds is 5. The Hall–Kier alpha value is -3.95. The molecule has 0 saturated carbocycles. The van der Waals surface area contributed by atoms with Gasteiger partial charge in [0.05, 0.1) is 12.8 Å². The first-order valence-corrected chi connectivity index (χ1v) is 8.48. The van der Waals surface area contributed by atoms with E-state index < -0.39 is 23.1 Å². The minimum atomic E-state index is -0.914. The number of benzene rings is 2. The maximum Gasteiger partial charge on any atom is 0.439 e. The van der Waals surface area contributed by atoms with Crippen LogP contribution in [-0.4, -0.2) is 21.8 Å². The number of methoxy groups -OCH3 is 1. The van der Waals surface area contributed by atoms with Gasteiger partial charge in [-0.15, -0.1) is 0 Å². The monoisotopic (exact) mass is 399 g/mol. The van der Waals surface area contributed by atoms with Crippen molar-refractivity contribution in [3.05, 3.63) is 70.3 Å². The topological polar surface area (TPSA) is 94.2 Å². The predicted octanol–water partition coefficient (Wildman–Crippen LogP) is 3.60. The number of hydrogen-bond donors (Lipinski definition) is 2. The summed E-state index contributed by atoms with van der Waals surface area (Å²) in [4.78, 5) is 20.5. The zero-order valence-corrected chi connectivity index (χ0v) is 15.4. The zero-order chi connectivity index (χ0) is 20.5. The number of ether oxygens (including phenoxy) is 1. The molecule has 0 aliphatic rings. The van der Waals surface area contributed by atoms with Crippen molar-refractivity contribution in [2.75, 3.05) is 17.9 Å². The molecule has 0 unspecified atom stereocenters. The van der Waals surface area contributed by atoms with Crippen LogP contribution in [0.25, 0.3) is 11.1 Å². The van der Waals surface area contributed by atoms with E-state index in [-0.39, 0.29) is 11.6 Å². The lowest BCUT2D eigenvalue weighted by Crippen LogP contribution is -2.23. The molecule has 10 heteroatoms. The molecule has 148 valence electrons.